The van der Waals surface area contributed by atoms with Gasteiger partial charge in [0.1, 0.15) is 5.76 Å². The Morgan fingerprint density at radius 2 is 1.93 bits per heavy atom. The quantitative estimate of drug-likeness (QED) is 0.250. The first-order valence-electron chi connectivity index (χ1n) is 7.86. The Kier molecular flexibility index (Phi) is 6.53. The summed E-state index contributed by atoms with van der Waals surface area (Å²) in [6.07, 6.45) is 0. The maximum absolute atomic E-state index is 12.4. The van der Waals surface area contributed by atoms with Crippen LogP contribution in [0.25, 0.3) is 11.3 Å². The van der Waals surface area contributed by atoms with Crippen LogP contribution in [0.1, 0.15) is 10.6 Å². The molecular weight excluding hydrogens is 505 g/mol. The second kappa shape index (κ2) is 8.91. The molecule has 0 bridgehead atoms. The number of furan rings is 1. The highest BCUT2D eigenvalue weighted by Gasteiger charge is 2.17. The molecule has 2 N–H and O–H groups in total. The smallest absolute Gasteiger partial charge is 0.293 e. The number of rotatable bonds is 4. The molecule has 0 spiro atoms. The van der Waals surface area contributed by atoms with Gasteiger partial charge in [-0.15, -0.1) is 0 Å². The lowest BCUT2D eigenvalue weighted by atomic mass is 10.2. The number of amides is 1. The van der Waals surface area contributed by atoms with Gasteiger partial charge in [0.2, 0.25) is 0 Å². The number of hydrogen-bond donors (Lipinski definition) is 2. The van der Waals surface area contributed by atoms with Crippen LogP contribution in [0.3, 0.4) is 0 Å². The fraction of sp³-hybridized carbons (Fsp3) is 0. The molecule has 1 amide bonds. The number of benzene rings is 2. The number of carbonyl (C=O) groups is 1. The van der Waals surface area contributed by atoms with Gasteiger partial charge in [0.15, 0.2) is 10.9 Å². The predicted octanol–water partition coefficient (Wildman–Crippen LogP) is 6.05. The topological polar surface area (TPSA) is 97.4 Å². The number of non-ortho nitro benzene ring substituents is 1. The van der Waals surface area contributed by atoms with Crippen molar-refractivity contribution in [3.63, 3.8) is 0 Å². The van der Waals surface area contributed by atoms with E-state index in [9.17, 15) is 14.9 Å². The number of carbonyl (C=O) groups excluding carboxylic acids is 1. The zero-order chi connectivity index (χ0) is 21.1. The van der Waals surface area contributed by atoms with E-state index in [1.165, 1.54) is 24.3 Å². The second-order valence-electron chi connectivity index (χ2n) is 5.59. The molecule has 148 valence electrons. The molecule has 7 nitrogen and oxygen atoms in total. The number of nitro benzene ring substituents is 1. The van der Waals surface area contributed by atoms with Crippen molar-refractivity contribution in [2.24, 2.45) is 0 Å². The van der Waals surface area contributed by atoms with E-state index in [4.69, 9.17) is 39.8 Å². The molecule has 2 aromatic carbocycles. The normalized spacial score (nSPS) is 10.4. The molecule has 11 heteroatoms. The molecule has 0 atom stereocenters. The van der Waals surface area contributed by atoms with Crippen LogP contribution in [-0.2, 0) is 0 Å². The van der Waals surface area contributed by atoms with Gasteiger partial charge in [-0.1, -0.05) is 29.3 Å². The Balaban J connectivity index is 1.69. The summed E-state index contributed by atoms with van der Waals surface area (Å²) in [5.41, 5.74) is 0.917. The molecule has 0 saturated carbocycles. The number of halogens is 3. The van der Waals surface area contributed by atoms with E-state index in [1.54, 1.807) is 24.3 Å². The first-order valence-corrected chi connectivity index (χ1v) is 9.82. The molecule has 0 radical (unpaired) electrons. The number of nitrogens with zero attached hydrogens (tertiary/aromatic N) is 1. The molecule has 0 unspecified atom stereocenters. The summed E-state index contributed by atoms with van der Waals surface area (Å²) in [5, 5.41) is 16.7. The van der Waals surface area contributed by atoms with Gasteiger partial charge in [0.25, 0.3) is 11.6 Å². The number of hydrogen-bond acceptors (Lipinski definition) is 5. The SMILES string of the molecule is O=C(NC(=S)Nc1ccc([N+](=O)[O-])cc1Br)c1ccc(-c2cccc(Cl)c2Cl)o1. The Bertz CT molecular complexity index is 1140. The third-order valence-electron chi connectivity index (χ3n) is 3.69. The molecule has 3 aromatic rings. The van der Waals surface area contributed by atoms with Gasteiger partial charge in [-0.25, -0.2) is 0 Å². The summed E-state index contributed by atoms with van der Waals surface area (Å²) in [5.74, 6) is -0.187. The molecule has 0 aliphatic carbocycles. The van der Waals surface area contributed by atoms with Crippen molar-refractivity contribution >= 4 is 73.7 Å². The number of thiocarbonyl (C=S) groups is 1. The molecule has 0 aliphatic rings. The highest BCUT2D eigenvalue weighted by molar-refractivity contribution is 9.10. The minimum Gasteiger partial charge on any atom is -0.451 e. The monoisotopic (exact) mass is 513 g/mol. The summed E-state index contributed by atoms with van der Waals surface area (Å²) in [4.78, 5) is 22.6. The van der Waals surface area contributed by atoms with Gasteiger partial charge in [-0.2, -0.15) is 0 Å². The van der Waals surface area contributed by atoms with Crippen LogP contribution in [0.4, 0.5) is 11.4 Å². The average molecular weight is 515 g/mol. The molecule has 3 rings (SSSR count). The van der Waals surface area contributed by atoms with Gasteiger partial charge in [-0.05, 0) is 58.5 Å². The van der Waals surface area contributed by atoms with Crippen LogP contribution < -0.4 is 10.6 Å². The predicted molar refractivity (Wildman–Crippen MR) is 119 cm³/mol. The summed E-state index contributed by atoms with van der Waals surface area (Å²) in [6, 6.07) is 12.2. The molecule has 0 saturated heterocycles. The van der Waals surface area contributed by atoms with E-state index in [1.807, 2.05) is 0 Å². The minimum absolute atomic E-state index is 0.0108. The van der Waals surface area contributed by atoms with Gasteiger partial charge >= 0.3 is 0 Å². The van der Waals surface area contributed by atoms with Crippen molar-refractivity contribution in [3.05, 3.63) is 78.9 Å². The fourth-order valence-electron chi connectivity index (χ4n) is 2.34. The van der Waals surface area contributed by atoms with E-state index in [0.717, 1.165) is 0 Å². The summed E-state index contributed by atoms with van der Waals surface area (Å²) < 4.78 is 5.97. The molecule has 1 aromatic heterocycles. The number of anilines is 1. The van der Waals surface area contributed by atoms with Gasteiger partial charge < -0.3 is 9.73 Å². The summed E-state index contributed by atoms with van der Waals surface area (Å²) >= 11 is 20.5. The van der Waals surface area contributed by atoms with Gasteiger partial charge in [-0.3, -0.25) is 20.2 Å². The lowest BCUT2D eigenvalue weighted by Crippen LogP contribution is -2.34. The van der Waals surface area contributed by atoms with Crippen molar-refractivity contribution in [3.8, 4) is 11.3 Å². The fourth-order valence-corrected chi connectivity index (χ4v) is 3.40. The van der Waals surface area contributed by atoms with Crippen LogP contribution in [0.15, 0.2) is 57.4 Å². The highest BCUT2D eigenvalue weighted by Crippen LogP contribution is 2.34. The van der Waals surface area contributed by atoms with E-state index in [0.29, 0.717) is 31.5 Å². The lowest BCUT2D eigenvalue weighted by Gasteiger charge is -2.10. The Labute approximate surface area is 188 Å². The number of nitro groups is 1. The van der Waals surface area contributed by atoms with Crippen LogP contribution in [-0.4, -0.2) is 15.9 Å². The van der Waals surface area contributed by atoms with E-state index >= 15 is 0 Å². The van der Waals surface area contributed by atoms with Crippen LogP contribution in [0.5, 0.6) is 0 Å². The third-order valence-corrected chi connectivity index (χ3v) is 5.36. The first-order chi connectivity index (χ1) is 13.8. The van der Waals surface area contributed by atoms with Crippen molar-refractivity contribution in [1.29, 1.82) is 0 Å². The van der Waals surface area contributed by atoms with Crippen LogP contribution in [0, 0.1) is 10.1 Å². The minimum atomic E-state index is -0.579. The largest absolute Gasteiger partial charge is 0.451 e. The molecule has 1 heterocycles. The second-order valence-corrected chi connectivity index (χ2v) is 7.64. The van der Waals surface area contributed by atoms with Gasteiger partial charge in [0.05, 0.1) is 20.7 Å². The van der Waals surface area contributed by atoms with E-state index in [2.05, 4.69) is 26.6 Å². The summed E-state index contributed by atoms with van der Waals surface area (Å²) in [6.45, 7) is 0. The van der Waals surface area contributed by atoms with Crippen molar-refractivity contribution in [2.75, 3.05) is 5.32 Å². The summed E-state index contributed by atoms with van der Waals surface area (Å²) in [7, 11) is 0. The number of nitrogens with one attached hydrogen (secondary N) is 2. The van der Waals surface area contributed by atoms with E-state index < -0.39 is 10.8 Å². The Morgan fingerprint density at radius 3 is 2.62 bits per heavy atom. The lowest BCUT2D eigenvalue weighted by molar-refractivity contribution is -0.384. The zero-order valence-corrected chi connectivity index (χ0v) is 18.2. The highest BCUT2D eigenvalue weighted by atomic mass is 79.9. The Morgan fingerprint density at radius 1 is 1.17 bits per heavy atom. The molecule has 0 aliphatic heterocycles. The standard InChI is InChI=1S/C18H10BrCl2N3O4S/c19-11-8-9(24(26)27)4-5-13(11)22-18(29)23-17(25)15-7-6-14(28-15)10-2-1-3-12(20)16(10)21/h1-8H,(H2,22,23,25,29). The molecule has 0 fully saturated rings. The maximum Gasteiger partial charge on any atom is 0.293 e. The maximum atomic E-state index is 12.4. The van der Waals surface area contributed by atoms with Crippen LogP contribution in [0.2, 0.25) is 10.0 Å². The van der Waals surface area contributed by atoms with Crippen LogP contribution >= 0.6 is 51.3 Å². The van der Waals surface area contributed by atoms with Gasteiger partial charge in [0, 0.05) is 22.2 Å². The van der Waals surface area contributed by atoms with E-state index in [-0.39, 0.29) is 16.6 Å². The Hall–Kier alpha value is -2.46. The molecule has 29 heavy (non-hydrogen) atoms. The third kappa shape index (κ3) is 4.94. The average Bonchev–Trinajstić information content (AvgIpc) is 3.15. The van der Waals surface area contributed by atoms with Crippen molar-refractivity contribution in [2.45, 2.75) is 0 Å². The first kappa shape index (κ1) is 21.3. The van der Waals surface area contributed by atoms with Crippen molar-refractivity contribution in [1.82, 2.24) is 5.32 Å². The van der Waals surface area contributed by atoms with Crippen molar-refractivity contribution < 1.29 is 14.1 Å². The zero-order valence-electron chi connectivity index (χ0n) is 14.2. The molecular formula is C18H10BrCl2N3O4S.